The van der Waals surface area contributed by atoms with Crippen LogP contribution < -0.4 is 14.8 Å². The van der Waals surface area contributed by atoms with E-state index < -0.39 is 6.61 Å². The van der Waals surface area contributed by atoms with Gasteiger partial charge in [0, 0.05) is 17.4 Å². The van der Waals surface area contributed by atoms with Crippen molar-refractivity contribution in [3.63, 3.8) is 0 Å². The Hall–Kier alpha value is -3.00. The Labute approximate surface area is 171 Å². The Balaban J connectivity index is 1.63. The molecule has 3 rings (SSSR count). The zero-order chi connectivity index (χ0) is 20.6. The van der Waals surface area contributed by atoms with Crippen LogP contribution in [0, 0.1) is 0 Å². The van der Waals surface area contributed by atoms with Crippen molar-refractivity contribution in [1.29, 1.82) is 0 Å². The van der Waals surface area contributed by atoms with Gasteiger partial charge < -0.3 is 14.8 Å². The molecule has 2 aromatic carbocycles. The molecule has 5 nitrogen and oxygen atoms in total. The number of carbonyl (C=O) groups is 1. The van der Waals surface area contributed by atoms with Crippen LogP contribution in [-0.2, 0) is 11.2 Å². The number of hydrogen-bond donors (Lipinski definition) is 1. The van der Waals surface area contributed by atoms with E-state index in [2.05, 4.69) is 15.0 Å². The fourth-order valence-corrected chi connectivity index (χ4v) is 3.50. The van der Waals surface area contributed by atoms with E-state index in [1.807, 2.05) is 31.2 Å². The highest BCUT2D eigenvalue weighted by Crippen LogP contribution is 2.33. The quantitative estimate of drug-likeness (QED) is 0.507. The van der Waals surface area contributed by atoms with E-state index >= 15 is 0 Å². The summed E-state index contributed by atoms with van der Waals surface area (Å²) in [7, 11) is 0. The summed E-state index contributed by atoms with van der Waals surface area (Å²) in [5, 5.41) is 4.84. The van der Waals surface area contributed by atoms with E-state index in [9.17, 15) is 13.6 Å². The van der Waals surface area contributed by atoms with Crippen molar-refractivity contribution in [2.45, 2.75) is 26.4 Å². The second-order valence-corrected chi connectivity index (χ2v) is 6.86. The Morgan fingerprint density at radius 2 is 1.86 bits per heavy atom. The zero-order valence-corrected chi connectivity index (χ0v) is 16.5. The summed E-state index contributed by atoms with van der Waals surface area (Å²) in [6.07, 6.45) is 0.801. The van der Waals surface area contributed by atoms with Crippen LogP contribution in [0.4, 0.5) is 13.9 Å². The molecular weight excluding hydrogens is 398 g/mol. The van der Waals surface area contributed by atoms with Gasteiger partial charge in [-0.25, -0.2) is 4.98 Å². The highest BCUT2D eigenvalue weighted by Gasteiger charge is 2.14. The molecular formula is C21H20F2N2O3S. The van der Waals surface area contributed by atoms with Crippen molar-refractivity contribution in [3.05, 3.63) is 59.5 Å². The van der Waals surface area contributed by atoms with E-state index in [0.29, 0.717) is 29.4 Å². The van der Waals surface area contributed by atoms with E-state index in [0.717, 1.165) is 11.3 Å². The maximum Gasteiger partial charge on any atom is 0.387 e. The van der Waals surface area contributed by atoms with E-state index in [4.69, 9.17) is 4.74 Å². The Bertz CT molecular complexity index is 962. The monoisotopic (exact) mass is 418 g/mol. The Morgan fingerprint density at radius 1 is 1.14 bits per heavy atom. The molecule has 0 aliphatic rings. The van der Waals surface area contributed by atoms with Crippen LogP contribution >= 0.6 is 11.3 Å². The largest absolute Gasteiger partial charge is 0.494 e. The lowest BCUT2D eigenvalue weighted by Gasteiger charge is -2.09. The molecule has 0 saturated heterocycles. The lowest BCUT2D eigenvalue weighted by Crippen LogP contribution is -2.12. The maximum atomic E-state index is 12.6. The number of para-hydroxylation sites is 2. The minimum atomic E-state index is -2.92. The molecule has 1 amide bonds. The van der Waals surface area contributed by atoms with Crippen molar-refractivity contribution in [3.8, 4) is 22.8 Å². The molecule has 1 aromatic heterocycles. The average Bonchev–Trinajstić information content (AvgIpc) is 3.16. The van der Waals surface area contributed by atoms with Crippen molar-refractivity contribution in [1.82, 2.24) is 4.98 Å². The molecule has 152 valence electrons. The van der Waals surface area contributed by atoms with Crippen LogP contribution in [-0.4, -0.2) is 24.1 Å². The van der Waals surface area contributed by atoms with Crippen LogP contribution in [0.25, 0.3) is 11.3 Å². The van der Waals surface area contributed by atoms with Crippen molar-refractivity contribution in [2.75, 3.05) is 11.9 Å². The third-order valence-electron chi connectivity index (χ3n) is 4.02. The molecule has 0 spiro atoms. The van der Waals surface area contributed by atoms with Crippen LogP contribution in [0.5, 0.6) is 11.5 Å². The van der Waals surface area contributed by atoms with Gasteiger partial charge in [0.1, 0.15) is 11.5 Å². The number of nitrogens with zero attached hydrogens (tertiary/aromatic N) is 1. The average molecular weight is 418 g/mol. The van der Waals surface area contributed by atoms with Gasteiger partial charge >= 0.3 is 6.61 Å². The second kappa shape index (κ2) is 9.97. The van der Waals surface area contributed by atoms with Gasteiger partial charge in [0.05, 0.1) is 12.3 Å². The van der Waals surface area contributed by atoms with Crippen molar-refractivity contribution < 1.29 is 23.0 Å². The SMILES string of the molecule is CCOc1ccccc1CCC(=O)Nc1nc(-c2ccccc2OC(F)F)cs1. The molecule has 0 fully saturated rings. The number of benzene rings is 2. The maximum absolute atomic E-state index is 12.6. The molecule has 8 heteroatoms. The third-order valence-corrected chi connectivity index (χ3v) is 4.78. The number of rotatable bonds is 9. The molecule has 3 aromatic rings. The number of thiazole rings is 1. The topological polar surface area (TPSA) is 60.5 Å². The van der Waals surface area contributed by atoms with Crippen LogP contribution in [0.2, 0.25) is 0 Å². The molecule has 1 N–H and O–H groups in total. The molecule has 0 atom stereocenters. The lowest BCUT2D eigenvalue weighted by molar-refractivity contribution is -0.116. The number of aryl methyl sites for hydroxylation is 1. The summed E-state index contributed by atoms with van der Waals surface area (Å²) in [6, 6.07) is 14.0. The predicted molar refractivity (Wildman–Crippen MR) is 109 cm³/mol. The third kappa shape index (κ3) is 5.74. The number of halogens is 2. The van der Waals surface area contributed by atoms with Gasteiger partial charge in [-0.1, -0.05) is 30.3 Å². The summed E-state index contributed by atoms with van der Waals surface area (Å²) in [6.45, 7) is -0.455. The highest BCUT2D eigenvalue weighted by atomic mass is 32.1. The number of anilines is 1. The number of aromatic nitrogens is 1. The van der Waals surface area contributed by atoms with Gasteiger partial charge in [0.25, 0.3) is 0 Å². The number of hydrogen-bond acceptors (Lipinski definition) is 5. The first-order valence-corrected chi connectivity index (χ1v) is 9.95. The minimum Gasteiger partial charge on any atom is -0.494 e. The smallest absolute Gasteiger partial charge is 0.387 e. The normalized spacial score (nSPS) is 10.8. The van der Waals surface area contributed by atoms with E-state index in [-0.39, 0.29) is 18.1 Å². The Kier molecular flexibility index (Phi) is 7.13. The molecule has 0 aliphatic heterocycles. The summed E-state index contributed by atoms with van der Waals surface area (Å²) >= 11 is 1.22. The minimum absolute atomic E-state index is 0.0400. The molecule has 1 heterocycles. The molecule has 0 saturated carbocycles. The van der Waals surface area contributed by atoms with Crippen molar-refractivity contribution >= 4 is 22.4 Å². The van der Waals surface area contributed by atoms with E-state index in [1.54, 1.807) is 23.6 Å². The zero-order valence-electron chi connectivity index (χ0n) is 15.7. The van der Waals surface area contributed by atoms with Gasteiger partial charge in [-0.2, -0.15) is 8.78 Å². The molecule has 0 aliphatic carbocycles. The van der Waals surface area contributed by atoms with Crippen molar-refractivity contribution in [2.24, 2.45) is 0 Å². The number of amides is 1. The second-order valence-electron chi connectivity index (χ2n) is 6.00. The predicted octanol–water partition coefficient (Wildman–Crippen LogP) is 5.38. The fraction of sp³-hybridized carbons (Fsp3) is 0.238. The molecule has 0 bridgehead atoms. The van der Waals surface area contributed by atoms with E-state index in [1.165, 1.54) is 17.4 Å². The van der Waals surface area contributed by atoms with Crippen LogP contribution in [0.1, 0.15) is 18.9 Å². The number of nitrogens with one attached hydrogen (secondary N) is 1. The number of ether oxygens (including phenoxy) is 2. The number of alkyl halides is 2. The lowest BCUT2D eigenvalue weighted by atomic mass is 10.1. The van der Waals surface area contributed by atoms with Gasteiger partial charge in [-0.05, 0) is 37.1 Å². The van der Waals surface area contributed by atoms with Gasteiger partial charge in [-0.15, -0.1) is 11.3 Å². The van der Waals surface area contributed by atoms with Crippen LogP contribution in [0.15, 0.2) is 53.9 Å². The molecule has 0 unspecified atom stereocenters. The first kappa shape index (κ1) is 20.7. The summed E-state index contributed by atoms with van der Waals surface area (Å²) in [5.74, 6) is 0.627. The van der Waals surface area contributed by atoms with Gasteiger partial charge in [0.2, 0.25) is 5.91 Å². The van der Waals surface area contributed by atoms with Gasteiger partial charge in [-0.3, -0.25) is 4.79 Å². The highest BCUT2D eigenvalue weighted by molar-refractivity contribution is 7.14. The van der Waals surface area contributed by atoms with Gasteiger partial charge in [0.15, 0.2) is 5.13 Å². The first-order chi connectivity index (χ1) is 14.1. The summed E-state index contributed by atoms with van der Waals surface area (Å²) in [4.78, 5) is 16.6. The Morgan fingerprint density at radius 3 is 2.62 bits per heavy atom. The molecule has 0 radical (unpaired) electrons. The standard InChI is InChI=1S/C21H20F2N2O3S/c1-2-27-17-9-5-3-7-14(17)11-12-19(26)25-21-24-16(13-29-21)15-8-4-6-10-18(15)28-20(22)23/h3-10,13,20H,2,11-12H2,1H3,(H,24,25,26). The summed E-state index contributed by atoms with van der Waals surface area (Å²) < 4.78 is 35.3. The first-order valence-electron chi connectivity index (χ1n) is 9.07. The van der Waals surface area contributed by atoms with Crippen LogP contribution in [0.3, 0.4) is 0 Å². The number of carbonyl (C=O) groups excluding carboxylic acids is 1. The molecule has 29 heavy (non-hydrogen) atoms. The fourth-order valence-electron chi connectivity index (χ4n) is 2.77. The summed E-state index contributed by atoms with van der Waals surface area (Å²) in [5.41, 5.74) is 1.86.